The zero-order valence-corrected chi connectivity index (χ0v) is 28.8. The standard InChI is InChI=1S/C37H33N3O8S2/c1-3-47-36(44)19-4-10-21(11-5-19)40-34(42)29-24-16-25(30(29)35(40)43)31-28(24)27(32-33(49-31)39-37(45)50-32)18-6-12-23(13-7-18)48-17-26(41)38-20-8-14-22(46-2)15-9-20/h4-15,24-25,27-31H,3,16-17H2,1-2H3,(H,38,41)(H,39,45)/t24?,25?,27-,28?,29?,30?,31?/m1/s1. The maximum Gasteiger partial charge on any atom is 0.338 e. The van der Waals surface area contributed by atoms with Gasteiger partial charge in [-0.1, -0.05) is 23.5 Å². The first-order chi connectivity index (χ1) is 24.2. The molecule has 0 spiro atoms. The number of carbonyl (C=O) groups is 4. The van der Waals surface area contributed by atoms with Gasteiger partial charge in [0.2, 0.25) is 11.8 Å². The number of ether oxygens (including phenoxy) is 3. The Hall–Kier alpha value is -4.88. The summed E-state index contributed by atoms with van der Waals surface area (Å²) in [5.41, 5.74) is 2.42. The number of anilines is 2. The summed E-state index contributed by atoms with van der Waals surface area (Å²) < 4.78 is 16.0. The number of thioether (sulfide) groups is 1. The highest BCUT2D eigenvalue weighted by atomic mass is 32.2. The van der Waals surface area contributed by atoms with E-state index in [4.69, 9.17) is 14.2 Å². The van der Waals surface area contributed by atoms with E-state index in [0.29, 0.717) is 28.4 Å². The van der Waals surface area contributed by atoms with Crippen molar-refractivity contribution in [1.29, 1.82) is 0 Å². The Morgan fingerprint density at radius 2 is 1.58 bits per heavy atom. The van der Waals surface area contributed by atoms with Crippen molar-refractivity contribution in [3.05, 3.63) is 98.5 Å². The Kier molecular flexibility index (Phi) is 8.26. The molecule has 1 saturated heterocycles. The number of rotatable bonds is 9. The summed E-state index contributed by atoms with van der Waals surface area (Å²) in [5.74, 6) is -1.01. The van der Waals surface area contributed by atoms with Crippen molar-refractivity contribution < 1.29 is 33.4 Å². The number of esters is 1. The molecule has 2 saturated carbocycles. The Balaban J connectivity index is 1.02. The number of carbonyl (C=O) groups excluding carboxylic acids is 4. The molecule has 2 bridgehead atoms. The molecule has 4 aromatic rings. The molecule has 3 aromatic carbocycles. The number of amides is 3. The molecule has 3 fully saturated rings. The van der Waals surface area contributed by atoms with Gasteiger partial charge in [-0.2, -0.15) is 0 Å². The summed E-state index contributed by atoms with van der Waals surface area (Å²) in [5, 5.41) is 3.68. The minimum atomic E-state index is -0.458. The number of aromatic nitrogens is 1. The number of methoxy groups -OCH3 is 1. The first-order valence-corrected chi connectivity index (χ1v) is 18.2. The fourth-order valence-electron chi connectivity index (χ4n) is 8.40. The molecule has 7 atom stereocenters. The molecule has 8 rings (SSSR count). The highest BCUT2D eigenvalue weighted by Gasteiger charge is 2.69. The highest BCUT2D eigenvalue weighted by molar-refractivity contribution is 8.00. The number of nitrogens with one attached hydrogen (secondary N) is 2. The predicted octanol–water partition coefficient (Wildman–Crippen LogP) is 5.32. The van der Waals surface area contributed by atoms with Crippen LogP contribution in [-0.4, -0.2) is 54.2 Å². The van der Waals surface area contributed by atoms with Gasteiger partial charge in [-0.25, -0.2) is 4.79 Å². The number of benzene rings is 3. The number of nitrogens with zero attached hydrogens (tertiary/aromatic N) is 1. The van der Waals surface area contributed by atoms with Crippen LogP contribution in [0.4, 0.5) is 11.4 Å². The number of fused-ring (bicyclic) bond motifs is 9. The van der Waals surface area contributed by atoms with E-state index in [1.807, 2.05) is 24.3 Å². The Morgan fingerprint density at radius 3 is 2.26 bits per heavy atom. The molecule has 11 nitrogen and oxygen atoms in total. The lowest BCUT2D eigenvalue weighted by Crippen LogP contribution is -2.42. The third-order valence-electron chi connectivity index (χ3n) is 10.3. The molecular weight excluding hydrogens is 679 g/mol. The quantitative estimate of drug-likeness (QED) is 0.174. The number of hydrogen-bond acceptors (Lipinski definition) is 10. The van der Waals surface area contributed by atoms with Gasteiger partial charge in [-0.05, 0) is 97.3 Å². The van der Waals surface area contributed by atoms with Crippen LogP contribution in [0.5, 0.6) is 11.5 Å². The van der Waals surface area contributed by atoms with E-state index in [1.54, 1.807) is 74.3 Å². The average molecular weight is 712 g/mol. The minimum absolute atomic E-state index is 0.0221. The second kappa shape index (κ2) is 12.8. The summed E-state index contributed by atoms with van der Waals surface area (Å²) in [4.78, 5) is 70.6. The minimum Gasteiger partial charge on any atom is -0.497 e. The van der Waals surface area contributed by atoms with Crippen LogP contribution in [0, 0.1) is 29.6 Å². The van der Waals surface area contributed by atoms with E-state index in [1.165, 1.54) is 16.2 Å². The number of thiazole rings is 1. The zero-order chi connectivity index (χ0) is 34.7. The van der Waals surface area contributed by atoms with Gasteiger partial charge >= 0.3 is 10.8 Å². The number of H-pyrrole nitrogens is 1. The molecular formula is C37H33N3O8S2. The zero-order valence-electron chi connectivity index (χ0n) is 27.1. The Morgan fingerprint density at radius 1 is 0.900 bits per heavy atom. The fourth-order valence-corrected chi connectivity index (χ4v) is 11.3. The predicted molar refractivity (Wildman–Crippen MR) is 187 cm³/mol. The van der Waals surface area contributed by atoms with Crippen LogP contribution >= 0.6 is 23.1 Å². The van der Waals surface area contributed by atoms with Crippen molar-refractivity contribution in [1.82, 2.24) is 4.98 Å². The number of imide groups is 1. The summed E-state index contributed by atoms with van der Waals surface area (Å²) >= 11 is 2.83. The van der Waals surface area contributed by atoms with E-state index < -0.39 is 17.8 Å². The molecule has 256 valence electrons. The fraction of sp³-hybridized carbons (Fsp3) is 0.324. The van der Waals surface area contributed by atoms with Crippen LogP contribution < -0.4 is 24.6 Å². The third kappa shape index (κ3) is 5.39. The molecule has 1 aromatic heterocycles. The van der Waals surface area contributed by atoms with E-state index in [9.17, 15) is 24.0 Å². The van der Waals surface area contributed by atoms with Gasteiger partial charge in [0.25, 0.3) is 5.91 Å². The van der Waals surface area contributed by atoms with Crippen LogP contribution in [0.15, 0.2) is 82.6 Å². The van der Waals surface area contributed by atoms with Crippen LogP contribution in [0.2, 0.25) is 0 Å². The van der Waals surface area contributed by atoms with E-state index >= 15 is 0 Å². The van der Waals surface area contributed by atoms with Crippen molar-refractivity contribution >= 4 is 58.2 Å². The second-order valence-corrected chi connectivity index (χ2v) is 15.1. The summed E-state index contributed by atoms with van der Waals surface area (Å²) in [6.07, 6.45) is 0.769. The molecule has 0 radical (unpaired) electrons. The van der Waals surface area contributed by atoms with Gasteiger partial charge in [0.1, 0.15) is 11.5 Å². The lowest BCUT2D eigenvalue weighted by molar-refractivity contribution is -0.123. The number of aromatic amines is 1. The van der Waals surface area contributed by atoms with E-state index in [0.717, 1.165) is 21.9 Å². The maximum absolute atomic E-state index is 14.1. The van der Waals surface area contributed by atoms with E-state index in [2.05, 4.69) is 10.3 Å². The molecule has 13 heteroatoms. The lowest BCUT2D eigenvalue weighted by atomic mass is 9.68. The van der Waals surface area contributed by atoms with Crippen molar-refractivity contribution in [2.45, 2.75) is 29.5 Å². The molecule has 6 unspecified atom stereocenters. The van der Waals surface area contributed by atoms with Gasteiger partial charge in [-0.3, -0.25) is 24.1 Å². The summed E-state index contributed by atoms with van der Waals surface area (Å²) in [6, 6.07) is 21.0. The Bertz CT molecular complexity index is 2040. The summed E-state index contributed by atoms with van der Waals surface area (Å²) in [6.45, 7) is 1.81. The normalized spacial score (nSPS) is 25.9. The van der Waals surface area contributed by atoms with Crippen LogP contribution in [0.1, 0.15) is 40.1 Å². The van der Waals surface area contributed by atoms with Crippen molar-refractivity contribution in [3.63, 3.8) is 0 Å². The monoisotopic (exact) mass is 711 g/mol. The average Bonchev–Trinajstić information content (AvgIpc) is 3.87. The van der Waals surface area contributed by atoms with Gasteiger partial charge < -0.3 is 24.5 Å². The van der Waals surface area contributed by atoms with Crippen LogP contribution in [0.25, 0.3) is 0 Å². The van der Waals surface area contributed by atoms with Crippen LogP contribution in [-0.2, 0) is 19.1 Å². The lowest BCUT2D eigenvalue weighted by Gasteiger charge is -2.43. The first-order valence-electron chi connectivity index (χ1n) is 16.5. The molecule has 2 N–H and O–H groups in total. The first kappa shape index (κ1) is 32.3. The van der Waals surface area contributed by atoms with Crippen molar-refractivity contribution in [2.24, 2.45) is 29.6 Å². The molecule has 50 heavy (non-hydrogen) atoms. The van der Waals surface area contributed by atoms with Crippen molar-refractivity contribution in [2.75, 3.05) is 30.5 Å². The van der Waals surface area contributed by atoms with Crippen LogP contribution in [0.3, 0.4) is 0 Å². The second-order valence-electron chi connectivity index (χ2n) is 12.9. The molecule has 3 heterocycles. The Labute approximate surface area is 295 Å². The largest absolute Gasteiger partial charge is 0.497 e. The van der Waals surface area contributed by atoms with Crippen molar-refractivity contribution in [3.8, 4) is 11.5 Å². The number of hydrogen-bond donors (Lipinski definition) is 2. The van der Waals surface area contributed by atoms with Gasteiger partial charge in [-0.15, -0.1) is 11.8 Å². The SMILES string of the molecule is CCOC(=O)c1ccc(N2C(=O)C3C4CC(C3C2=O)C2C4Sc3[nH]c(=O)sc3[C@@H]2c2ccc(OCC(=O)Nc3ccc(OC)cc3)cc2)cc1. The molecule has 2 aliphatic carbocycles. The topological polar surface area (TPSA) is 144 Å². The smallest absolute Gasteiger partial charge is 0.338 e. The van der Waals surface area contributed by atoms with Gasteiger partial charge in [0, 0.05) is 21.7 Å². The molecule has 4 aliphatic rings. The molecule has 2 aliphatic heterocycles. The summed E-state index contributed by atoms with van der Waals surface area (Å²) in [7, 11) is 1.58. The van der Waals surface area contributed by atoms with Gasteiger partial charge in [0.05, 0.1) is 41.8 Å². The highest BCUT2D eigenvalue weighted by Crippen LogP contribution is 2.68. The van der Waals surface area contributed by atoms with E-state index in [-0.39, 0.29) is 64.7 Å². The molecule has 3 amide bonds. The maximum atomic E-state index is 14.1. The third-order valence-corrected chi connectivity index (χ3v) is 12.9. The van der Waals surface area contributed by atoms with Gasteiger partial charge in [0.15, 0.2) is 6.61 Å².